The molecular weight excluding hydrogens is 466 g/mol. The maximum Gasteiger partial charge on any atom is 4.00 e. The van der Waals surface area contributed by atoms with Crippen molar-refractivity contribution in [2.75, 3.05) is 0 Å². The summed E-state index contributed by atoms with van der Waals surface area (Å²) in [5.74, 6) is 1.55. The van der Waals surface area contributed by atoms with Crippen LogP contribution in [0.4, 0.5) is 0 Å². The second-order valence-corrected chi connectivity index (χ2v) is 5.81. The summed E-state index contributed by atoms with van der Waals surface area (Å²) in [6.07, 6.45) is 19.7. The fraction of sp³-hybridized carbons (Fsp3) is 0.556. The van der Waals surface area contributed by atoms with Crippen LogP contribution in [0.2, 0.25) is 0 Å². The van der Waals surface area contributed by atoms with Gasteiger partial charge in [0.25, 0.3) is 0 Å². The molecule has 0 N–H and O–H groups in total. The zero-order chi connectivity index (χ0) is 13.4. The first-order chi connectivity index (χ1) is 8.58. The Bertz CT molecular complexity index is 327. The molecule has 0 radical (unpaired) electrons. The van der Waals surface area contributed by atoms with Crippen LogP contribution in [0.25, 0.3) is 0 Å². The van der Waals surface area contributed by atoms with Crippen molar-refractivity contribution < 1.29 is 50.7 Å². The van der Waals surface area contributed by atoms with Crippen LogP contribution in [0.1, 0.15) is 53.4 Å². The summed E-state index contributed by atoms with van der Waals surface area (Å²) in [5, 5.41) is 0. The van der Waals surface area contributed by atoms with Gasteiger partial charge in [-0.2, -0.15) is 12.2 Å². The summed E-state index contributed by atoms with van der Waals surface area (Å²) in [7, 11) is 0. The Morgan fingerprint density at radius 1 is 0.810 bits per heavy atom. The van der Waals surface area contributed by atoms with Gasteiger partial charge in [-0.05, 0) is 11.8 Å². The third-order valence-corrected chi connectivity index (χ3v) is 2.79. The molecule has 0 atom stereocenters. The quantitative estimate of drug-likeness (QED) is 0.366. The Morgan fingerprint density at radius 2 is 1.14 bits per heavy atom. The summed E-state index contributed by atoms with van der Waals surface area (Å²) in [5.41, 5.74) is 2.79. The van der Waals surface area contributed by atoms with Crippen LogP contribution in [0.3, 0.4) is 0 Å². The van der Waals surface area contributed by atoms with E-state index in [2.05, 4.69) is 64.2 Å². The zero-order valence-electron chi connectivity index (χ0n) is 13.5. The van der Waals surface area contributed by atoms with Crippen molar-refractivity contribution in [2.24, 2.45) is 11.8 Å². The Labute approximate surface area is 162 Å². The van der Waals surface area contributed by atoms with Crippen molar-refractivity contribution in [3.8, 4) is 0 Å². The van der Waals surface area contributed by atoms with Gasteiger partial charge in [0.15, 0.2) is 0 Å². The van der Waals surface area contributed by atoms with E-state index in [0.29, 0.717) is 0 Å². The number of allylic oxidation sites excluding steroid dienone is 8. The van der Waals surface area contributed by atoms with Gasteiger partial charge in [-0.25, -0.2) is 23.3 Å². The molecule has 0 spiro atoms. The molecule has 0 unspecified atom stereocenters. The second kappa shape index (κ2) is 15.3. The number of rotatable bonds is 4. The minimum atomic E-state index is 0. The molecule has 0 fully saturated rings. The van der Waals surface area contributed by atoms with E-state index in [4.69, 9.17) is 0 Å². The second-order valence-electron chi connectivity index (χ2n) is 5.81. The maximum absolute atomic E-state index is 3.29. The predicted molar refractivity (Wildman–Crippen MR) is 79.9 cm³/mol. The SMILES string of the molecule is CC(C)CC1=[C-]CC=C1.CC(C)CC1=[C-]CC=C1.[Cl-].[Cl-].[Hf+4]. The zero-order valence-corrected chi connectivity index (χ0v) is 18.7. The molecule has 2 aliphatic rings. The molecule has 21 heavy (non-hydrogen) atoms. The van der Waals surface area contributed by atoms with Crippen LogP contribution >= 0.6 is 0 Å². The molecule has 0 aromatic heterocycles. The molecule has 0 aliphatic heterocycles. The van der Waals surface area contributed by atoms with Crippen LogP contribution in [0, 0.1) is 24.0 Å². The summed E-state index contributed by atoms with van der Waals surface area (Å²) < 4.78 is 0. The van der Waals surface area contributed by atoms with E-state index in [1.54, 1.807) is 0 Å². The largest absolute Gasteiger partial charge is 4.00 e. The van der Waals surface area contributed by atoms with E-state index in [1.165, 1.54) is 24.0 Å². The van der Waals surface area contributed by atoms with Crippen molar-refractivity contribution in [1.82, 2.24) is 0 Å². The summed E-state index contributed by atoms with van der Waals surface area (Å²) in [6, 6.07) is 0. The first-order valence-corrected chi connectivity index (χ1v) is 7.10. The normalized spacial score (nSPS) is 14.6. The fourth-order valence-electron chi connectivity index (χ4n) is 2.06. The van der Waals surface area contributed by atoms with E-state index in [0.717, 1.165) is 24.7 Å². The summed E-state index contributed by atoms with van der Waals surface area (Å²) >= 11 is 0. The summed E-state index contributed by atoms with van der Waals surface area (Å²) in [4.78, 5) is 0. The van der Waals surface area contributed by atoms with Crippen molar-refractivity contribution >= 4 is 0 Å². The van der Waals surface area contributed by atoms with Crippen molar-refractivity contribution in [1.29, 1.82) is 0 Å². The van der Waals surface area contributed by atoms with Gasteiger partial charge >= 0.3 is 25.8 Å². The molecule has 0 heterocycles. The van der Waals surface area contributed by atoms with Gasteiger partial charge in [-0.1, -0.05) is 40.5 Å². The Hall–Kier alpha value is 0.410. The van der Waals surface area contributed by atoms with Gasteiger partial charge < -0.3 is 24.8 Å². The Balaban J connectivity index is -0.000000270. The predicted octanol–water partition coefficient (Wildman–Crippen LogP) is -0.551. The van der Waals surface area contributed by atoms with Crippen LogP contribution in [-0.4, -0.2) is 0 Å². The van der Waals surface area contributed by atoms with Crippen LogP contribution < -0.4 is 24.8 Å². The number of halogens is 2. The minimum Gasteiger partial charge on any atom is -1.00 e. The van der Waals surface area contributed by atoms with E-state index in [-0.39, 0.29) is 50.7 Å². The average Bonchev–Trinajstić information content (AvgIpc) is 2.90. The van der Waals surface area contributed by atoms with Gasteiger partial charge in [0, 0.05) is 0 Å². The topological polar surface area (TPSA) is 0 Å². The van der Waals surface area contributed by atoms with Crippen molar-refractivity contribution in [2.45, 2.75) is 53.4 Å². The number of hydrogen-bond acceptors (Lipinski definition) is 0. The minimum absolute atomic E-state index is 0. The van der Waals surface area contributed by atoms with Gasteiger partial charge in [-0.15, -0.1) is 12.8 Å². The molecule has 0 bridgehead atoms. The molecule has 0 amide bonds. The van der Waals surface area contributed by atoms with Crippen molar-refractivity contribution in [3.05, 3.63) is 47.6 Å². The van der Waals surface area contributed by atoms with Gasteiger partial charge in [0.2, 0.25) is 0 Å². The van der Waals surface area contributed by atoms with Crippen LogP contribution in [0.15, 0.2) is 35.5 Å². The van der Waals surface area contributed by atoms with Crippen molar-refractivity contribution in [3.63, 3.8) is 0 Å². The molecule has 2 aliphatic carbocycles. The first kappa shape index (κ1) is 26.3. The molecule has 116 valence electrons. The Morgan fingerprint density at radius 3 is 1.33 bits per heavy atom. The molecule has 0 aromatic carbocycles. The molecule has 0 saturated carbocycles. The third kappa shape index (κ3) is 13.8. The monoisotopic (exact) mass is 492 g/mol. The van der Waals surface area contributed by atoms with E-state index in [9.17, 15) is 0 Å². The van der Waals surface area contributed by atoms with Gasteiger partial charge in [0.1, 0.15) is 0 Å². The van der Waals surface area contributed by atoms with E-state index >= 15 is 0 Å². The Kier molecular flexibility index (Phi) is 19.2. The molecule has 3 heteroatoms. The smallest absolute Gasteiger partial charge is 1.00 e. The first-order valence-electron chi connectivity index (χ1n) is 7.10. The standard InChI is InChI=1S/2C9H13.2ClH.Hf/c2*1-8(2)7-9-5-3-4-6-9;;;/h2*3,5,8H,4,7H2,1-2H3;2*1H;/q2*-1;;;+4/p-2. The van der Waals surface area contributed by atoms with E-state index < -0.39 is 0 Å². The maximum atomic E-state index is 3.29. The van der Waals surface area contributed by atoms with Crippen LogP contribution in [0.5, 0.6) is 0 Å². The molecule has 0 saturated heterocycles. The molecule has 0 nitrogen and oxygen atoms in total. The molecule has 2 rings (SSSR count). The molecule has 0 aromatic rings. The summed E-state index contributed by atoms with van der Waals surface area (Å²) in [6.45, 7) is 8.95. The number of hydrogen-bond donors (Lipinski definition) is 0. The van der Waals surface area contributed by atoms with E-state index in [1.807, 2.05) is 0 Å². The van der Waals surface area contributed by atoms with Gasteiger partial charge in [0.05, 0.1) is 0 Å². The third-order valence-electron chi connectivity index (χ3n) is 2.79. The molecular formula is C18H26Cl2Hf. The van der Waals surface area contributed by atoms with Gasteiger partial charge in [-0.3, -0.25) is 12.2 Å². The van der Waals surface area contributed by atoms with Crippen LogP contribution in [-0.2, 0) is 25.8 Å². The average molecular weight is 492 g/mol. The fourth-order valence-corrected chi connectivity index (χ4v) is 2.06.